The number of nitriles is 1. The van der Waals surface area contributed by atoms with E-state index >= 15 is 0 Å². The number of nitrogens with one attached hydrogen (secondary N) is 1. The summed E-state index contributed by atoms with van der Waals surface area (Å²) in [5.74, 6) is 0. The molecular weight excluding hydrogens is 318 g/mol. The van der Waals surface area contributed by atoms with Gasteiger partial charge in [-0.3, -0.25) is 4.79 Å². The van der Waals surface area contributed by atoms with Gasteiger partial charge in [0.1, 0.15) is 17.3 Å². The van der Waals surface area contributed by atoms with Gasteiger partial charge in [0.25, 0.3) is 5.56 Å². The second kappa shape index (κ2) is 7.21. The molecule has 0 amide bonds. The Balaban J connectivity index is 2.16. The lowest BCUT2D eigenvalue weighted by atomic mass is 10.1. The first-order chi connectivity index (χ1) is 12.1. The van der Waals surface area contributed by atoms with Gasteiger partial charge in [-0.1, -0.05) is 6.92 Å². The maximum atomic E-state index is 12.5. The molecule has 2 aromatic heterocycles. The number of hydrogen-bond acceptors (Lipinski definition) is 6. The largest absolute Gasteiger partial charge is 0.383 e. The second-order valence-electron chi connectivity index (χ2n) is 6.38. The van der Waals surface area contributed by atoms with Crippen molar-refractivity contribution in [2.24, 2.45) is 7.05 Å². The first-order valence-electron chi connectivity index (χ1n) is 8.48. The molecule has 132 valence electrons. The third-order valence-electron chi connectivity index (χ3n) is 4.83. The van der Waals surface area contributed by atoms with Gasteiger partial charge in [-0.15, -0.1) is 0 Å². The van der Waals surface area contributed by atoms with Crippen LogP contribution in [0.2, 0.25) is 0 Å². The highest BCUT2D eigenvalue weighted by Crippen LogP contribution is 2.27. The van der Waals surface area contributed by atoms with Crippen LogP contribution in [0.3, 0.4) is 0 Å². The Labute approximate surface area is 146 Å². The van der Waals surface area contributed by atoms with Crippen LogP contribution in [0, 0.1) is 11.3 Å². The molecule has 0 spiro atoms. The van der Waals surface area contributed by atoms with Crippen LogP contribution in [0.4, 0.5) is 5.69 Å². The fraction of sp³-hybridized carbons (Fsp3) is 0.500. The SMILES string of the molecule is CC[C@H]1CN[C@H](COC)CN1c1cc(=O)n(C)c2ccc(C#N)nc12. The van der Waals surface area contributed by atoms with E-state index in [1.165, 1.54) is 0 Å². The maximum absolute atomic E-state index is 12.5. The molecule has 1 aliphatic heterocycles. The summed E-state index contributed by atoms with van der Waals surface area (Å²) in [6, 6.07) is 7.61. The minimum Gasteiger partial charge on any atom is -0.383 e. The molecule has 1 N–H and O–H groups in total. The maximum Gasteiger partial charge on any atom is 0.252 e. The number of anilines is 1. The van der Waals surface area contributed by atoms with Gasteiger partial charge in [0.05, 0.1) is 17.8 Å². The van der Waals surface area contributed by atoms with Crippen LogP contribution in [-0.2, 0) is 11.8 Å². The van der Waals surface area contributed by atoms with E-state index in [4.69, 9.17) is 4.74 Å². The predicted molar refractivity (Wildman–Crippen MR) is 96.8 cm³/mol. The first-order valence-corrected chi connectivity index (χ1v) is 8.48. The van der Waals surface area contributed by atoms with E-state index in [1.54, 1.807) is 36.9 Å². The van der Waals surface area contributed by atoms with Crippen molar-refractivity contribution in [2.75, 3.05) is 31.7 Å². The first kappa shape index (κ1) is 17.4. The van der Waals surface area contributed by atoms with Crippen molar-refractivity contribution >= 4 is 16.7 Å². The van der Waals surface area contributed by atoms with Crippen LogP contribution in [0.25, 0.3) is 11.0 Å². The Bertz CT molecular complexity index is 870. The molecule has 1 fully saturated rings. The molecule has 3 rings (SSSR count). The molecule has 2 aromatic rings. The van der Waals surface area contributed by atoms with Gasteiger partial charge in [-0.2, -0.15) is 5.26 Å². The summed E-state index contributed by atoms with van der Waals surface area (Å²) in [5, 5.41) is 12.7. The van der Waals surface area contributed by atoms with Crippen molar-refractivity contribution in [1.29, 1.82) is 5.26 Å². The number of aryl methyl sites for hydroxylation is 1. The summed E-state index contributed by atoms with van der Waals surface area (Å²) in [4.78, 5) is 19.2. The molecule has 0 unspecified atom stereocenters. The number of pyridine rings is 2. The number of fused-ring (bicyclic) bond motifs is 1. The molecule has 0 saturated carbocycles. The van der Waals surface area contributed by atoms with Crippen molar-refractivity contribution in [3.05, 3.63) is 34.2 Å². The van der Waals surface area contributed by atoms with Crippen LogP contribution in [-0.4, -0.2) is 48.4 Å². The zero-order valence-corrected chi connectivity index (χ0v) is 14.8. The molecule has 2 atom stereocenters. The van der Waals surface area contributed by atoms with Crippen molar-refractivity contribution in [1.82, 2.24) is 14.9 Å². The van der Waals surface area contributed by atoms with Gasteiger partial charge < -0.3 is 19.5 Å². The summed E-state index contributed by atoms with van der Waals surface area (Å²) in [6.45, 7) is 4.28. The smallest absolute Gasteiger partial charge is 0.252 e. The van der Waals surface area contributed by atoms with E-state index in [2.05, 4.69) is 28.2 Å². The lowest BCUT2D eigenvalue weighted by Gasteiger charge is -2.41. The average molecular weight is 341 g/mol. The number of hydrogen-bond donors (Lipinski definition) is 1. The van der Waals surface area contributed by atoms with Crippen molar-refractivity contribution in [2.45, 2.75) is 25.4 Å². The molecule has 3 heterocycles. The van der Waals surface area contributed by atoms with E-state index < -0.39 is 0 Å². The molecular formula is C18H23N5O2. The van der Waals surface area contributed by atoms with Crippen LogP contribution in [0.5, 0.6) is 0 Å². The summed E-state index contributed by atoms with van der Waals surface area (Å²) >= 11 is 0. The minimum atomic E-state index is -0.0781. The minimum absolute atomic E-state index is 0.0781. The topological polar surface area (TPSA) is 83.2 Å². The van der Waals surface area contributed by atoms with E-state index in [-0.39, 0.29) is 17.6 Å². The standard InChI is InChI=1S/C18H23N5O2/c1-4-14-9-20-13(11-25-3)10-23(14)16-7-17(24)22(2)15-6-5-12(8-19)21-18(15)16/h5-7,13-14,20H,4,9-11H2,1-3H3/t13-,14-/m0/s1. The number of aromatic nitrogens is 2. The Morgan fingerprint density at radius 1 is 1.48 bits per heavy atom. The van der Waals surface area contributed by atoms with Gasteiger partial charge in [0.15, 0.2) is 0 Å². The molecule has 0 radical (unpaired) electrons. The Morgan fingerprint density at radius 2 is 2.28 bits per heavy atom. The highest BCUT2D eigenvalue weighted by atomic mass is 16.5. The fourth-order valence-electron chi connectivity index (χ4n) is 3.43. The number of methoxy groups -OCH3 is 1. The third kappa shape index (κ3) is 3.23. The Morgan fingerprint density at radius 3 is 2.96 bits per heavy atom. The van der Waals surface area contributed by atoms with Gasteiger partial charge in [0, 0.05) is 45.4 Å². The quantitative estimate of drug-likeness (QED) is 0.894. The highest BCUT2D eigenvalue weighted by molar-refractivity contribution is 5.89. The number of nitrogens with zero attached hydrogens (tertiary/aromatic N) is 4. The molecule has 7 nitrogen and oxygen atoms in total. The average Bonchev–Trinajstić information content (AvgIpc) is 2.64. The monoisotopic (exact) mass is 341 g/mol. The summed E-state index contributed by atoms with van der Waals surface area (Å²) < 4.78 is 6.86. The van der Waals surface area contributed by atoms with Crippen molar-refractivity contribution in [3.8, 4) is 6.07 Å². The Kier molecular flexibility index (Phi) is 5.02. The molecule has 1 aliphatic rings. The zero-order chi connectivity index (χ0) is 18.0. The van der Waals surface area contributed by atoms with Crippen LogP contribution in [0.15, 0.2) is 23.0 Å². The van der Waals surface area contributed by atoms with Gasteiger partial charge in [-0.05, 0) is 18.6 Å². The lowest BCUT2D eigenvalue weighted by Crippen LogP contribution is -2.58. The molecule has 0 aromatic carbocycles. The van der Waals surface area contributed by atoms with Crippen molar-refractivity contribution in [3.63, 3.8) is 0 Å². The molecule has 0 aliphatic carbocycles. The third-order valence-corrected chi connectivity index (χ3v) is 4.83. The van der Waals surface area contributed by atoms with E-state index in [0.29, 0.717) is 17.8 Å². The van der Waals surface area contributed by atoms with Crippen LogP contribution in [0.1, 0.15) is 19.0 Å². The molecule has 7 heteroatoms. The molecule has 0 bridgehead atoms. The highest BCUT2D eigenvalue weighted by Gasteiger charge is 2.29. The van der Waals surface area contributed by atoms with Gasteiger partial charge >= 0.3 is 0 Å². The van der Waals surface area contributed by atoms with Gasteiger partial charge in [-0.25, -0.2) is 4.98 Å². The van der Waals surface area contributed by atoms with Gasteiger partial charge in [0.2, 0.25) is 0 Å². The second-order valence-corrected chi connectivity index (χ2v) is 6.38. The van der Waals surface area contributed by atoms with Crippen molar-refractivity contribution < 1.29 is 4.74 Å². The van der Waals surface area contributed by atoms with E-state index in [9.17, 15) is 10.1 Å². The summed E-state index contributed by atoms with van der Waals surface area (Å²) in [7, 11) is 3.41. The molecule has 25 heavy (non-hydrogen) atoms. The fourth-order valence-corrected chi connectivity index (χ4v) is 3.43. The van der Waals surface area contributed by atoms with E-state index in [1.807, 2.05) is 0 Å². The van der Waals surface area contributed by atoms with Crippen LogP contribution < -0.4 is 15.8 Å². The zero-order valence-electron chi connectivity index (χ0n) is 14.8. The number of ether oxygens (including phenoxy) is 1. The normalized spacial score (nSPS) is 20.6. The summed E-state index contributed by atoms with van der Waals surface area (Å²) in [5.41, 5.74) is 2.50. The van der Waals surface area contributed by atoms with E-state index in [0.717, 1.165) is 30.7 Å². The lowest BCUT2D eigenvalue weighted by molar-refractivity contribution is 0.158. The number of piperazine rings is 1. The molecule has 1 saturated heterocycles. The van der Waals surface area contributed by atoms with Crippen LogP contribution >= 0.6 is 0 Å². The Hall–Kier alpha value is -2.43. The number of rotatable bonds is 4. The predicted octanol–water partition coefficient (Wildman–Crippen LogP) is 1.01. The summed E-state index contributed by atoms with van der Waals surface area (Å²) in [6.07, 6.45) is 0.946.